The quantitative estimate of drug-likeness (QED) is 0.170. The molecule has 4 heteroatoms. The molecule has 1 unspecified atom stereocenters. The number of thiophene rings is 1. The van der Waals surface area contributed by atoms with Crippen LogP contribution in [0.2, 0.25) is 0 Å². The van der Waals surface area contributed by atoms with Gasteiger partial charge in [-0.3, -0.25) is 0 Å². The van der Waals surface area contributed by atoms with Crippen LogP contribution >= 0.6 is 11.3 Å². The Bertz CT molecular complexity index is 2930. The molecule has 1 aliphatic heterocycles. The molecule has 6 aromatic carbocycles. The number of anilines is 2. The molecule has 0 N–H and O–H groups in total. The van der Waals surface area contributed by atoms with E-state index in [-0.39, 0.29) is 6.04 Å². The molecular weight excluding hydrogens is 699 g/mol. The van der Waals surface area contributed by atoms with Gasteiger partial charge in [-0.05, 0) is 88.6 Å². The predicted molar refractivity (Wildman–Crippen MR) is 237 cm³/mol. The molecule has 1 atom stereocenters. The molecule has 3 heterocycles. The molecule has 0 bridgehead atoms. The average Bonchev–Trinajstić information content (AvgIpc) is 3.83. The Balaban J connectivity index is 1.02. The summed E-state index contributed by atoms with van der Waals surface area (Å²) in [7, 11) is 0. The summed E-state index contributed by atoms with van der Waals surface area (Å²) in [4.78, 5) is 13.2. The maximum absolute atomic E-state index is 5.36. The van der Waals surface area contributed by atoms with E-state index >= 15 is 0 Å². The second-order valence-corrected chi connectivity index (χ2v) is 15.8. The molecule has 0 amide bonds. The Kier molecular flexibility index (Phi) is 7.96. The number of benzene rings is 6. The molecular formula is C52H37N3S. The van der Waals surface area contributed by atoms with Crippen LogP contribution in [0.3, 0.4) is 0 Å². The third-order valence-electron chi connectivity index (χ3n) is 11.5. The molecule has 11 rings (SSSR count). The SMILES string of the molecule is C1=CC(c2ccc(-c3nc(-c4ccccc4)nc4c3sc3cccc(-c5cccc(C6=CC=C7c8ccccc8N(c8ccccc8)C7C6)c5)c34)cc2)=CCC1. The summed E-state index contributed by atoms with van der Waals surface area (Å²) in [5.74, 6) is 0.744. The standard InChI is InChI=1S/C52H37N3S/c1-4-14-34(15-5-1)35-26-28-36(29-27-35)49-51-50(54-52(53-49)37-16-6-2-7-17-37)48-42(23-13-25-47(48)56-51)40-19-12-18-38(32-40)39-30-31-44-43-22-10-11-24-45(43)55(46(44)33-39)41-20-8-3-9-21-41/h2-4,6-32,46H,1,5,33H2. The first-order valence-electron chi connectivity index (χ1n) is 19.5. The van der Waals surface area contributed by atoms with Crippen LogP contribution in [0.15, 0.2) is 182 Å². The van der Waals surface area contributed by atoms with Crippen molar-refractivity contribution in [2.75, 3.05) is 4.90 Å². The lowest BCUT2D eigenvalue weighted by atomic mass is 9.87. The first-order chi connectivity index (χ1) is 27.8. The van der Waals surface area contributed by atoms with Gasteiger partial charge in [0.25, 0.3) is 0 Å². The zero-order chi connectivity index (χ0) is 37.0. The van der Waals surface area contributed by atoms with Gasteiger partial charge in [-0.15, -0.1) is 11.3 Å². The van der Waals surface area contributed by atoms with Crippen molar-refractivity contribution in [3.63, 3.8) is 0 Å². The fourth-order valence-electron chi connectivity index (χ4n) is 8.78. The maximum atomic E-state index is 5.36. The number of nitrogens with zero attached hydrogens (tertiary/aromatic N) is 3. The van der Waals surface area contributed by atoms with Crippen LogP contribution < -0.4 is 4.90 Å². The minimum Gasteiger partial charge on any atom is -0.333 e. The summed E-state index contributed by atoms with van der Waals surface area (Å²) in [5, 5.41) is 1.18. The number of fused-ring (bicyclic) bond motifs is 6. The van der Waals surface area contributed by atoms with E-state index in [4.69, 9.17) is 9.97 Å². The third kappa shape index (κ3) is 5.56. The second-order valence-electron chi connectivity index (χ2n) is 14.8. The number of hydrogen-bond acceptors (Lipinski definition) is 4. The normalized spacial score (nSPS) is 16.0. The first-order valence-corrected chi connectivity index (χ1v) is 20.3. The number of allylic oxidation sites excluding steroid dienone is 6. The van der Waals surface area contributed by atoms with E-state index in [2.05, 4.69) is 181 Å². The van der Waals surface area contributed by atoms with Gasteiger partial charge in [0, 0.05) is 38.2 Å². The Morgan fingerprint density at radius 1 is 0.589 bits per heavy atom. The van der Waals surface area contributed by atoms with E-state index in [1.165, 1.54) is 66.0 Å². The van der Waals surface area contributed by atoms with Crippen molar-refractivity contribution in [3.05, 3.63) is 199 Å². The number of hydrogen-bond donors (Lipinski definition) is 0. The predicted octanol–water partition coefficient (Wildman–Crippen LogP) is 14.0. The highest BCUT2D eigenvalue weighted by Gasteiger charge is 2.36. The molecule has 0 spiro atoms. The average molecular weight is 736 g/mol. The second kappa shape index (κ2) is 13.6. The van der Waals surface area contributed by atoms with Crippen molar-refractivity contribution in [2.24, 2.45) is 0 Å². The third-order valence-corrected chi connectivity index (χ3v) is 12.6. The monoisotopic (exact) mass is 735 g/mol. The van der Waals surface area contributed by atoms with E-state index in [0.29, 0.717) is 0 Å². The van der Waals surface area contributed by atoms with Crippen LogP contribution in [0, 0.1) is 0 Å². The summed E-state index contributed by atoms with van der Waals surface area (Å²) >= 11 is 1.79. The molecule has 2 aromatic heterocycles. The molecule has 2 aliphatic carbocycles. The van der Waals surface area contributed by atoms with Gasteiger partial charge in [0.05, 0.1) is 22.0 Å². The van der Waals surface area contributed by atoms with Gasteiger partial charge in [0.2, 0.25) is 0 Å². The minimum atomic E-state index is 0.235. The fraction of sp³-hybridized carbons (Fsp3) is 0.0769. The van der Waals surface area contributed by atoms with Gasteiger partial charge in [0.1, 0.15) is 0 Å². The van der Waals surface area contributed by atoms with Crippen LogP contribution in [0.4, 0.5) is 11.4 Å². The molecule has 8 aromatic rings. The molecule has 0 saturated carbocycles. The van der Waals surface area contributed by atoms with Crippen LogP contribution in [-0.2, 0) is 0 Å². The zero-order valence-corrected chi connectivity index (χ0v) is 31.6. The minimum absolute atomic E-state index is 0.235. The van der Waals surface area contributed by atoms with Gasteiger partial charge in [-0.25, -0.2) is 9.97 Å². The van der Waals surface area contributed by atoms with Gasteiger partial charge >= 0.3 is 0 Å². The fourth-order valence-corrected chi connectivity index (χ4v) is 9.96. The van der Waals surface area contributed by atoms with Crippen molar-refractivity contribution in [1.82, 2.24) is 9.97 Å². The highest BCUT2D eigenvalue weighted by atomic mass is 32.1. The van der Waals surface area contributed by atoms with Gasteiger partial charge in [0.15, 0.2) is 5.82 Å². The van der Waals surface area contributed by atoms with Crippen molar-refractivity contribution in [2.45, 2.75) is 25.3 Å². The lowest BCUT2D eigenvalue weighted by Gasteiger charge is -2.30. The van der Waals surface area contributed by atoms with Crippen molar-refractivity contribution in [3.8, 4) is 33.8 Å². The van der Waals surface area contributed by atoms with Gasteiger partial charge in [-0.1, -0.05) is 152 Å². The number of rotatable bonds is 6. The summed E-state index contributed by atoms with van der Waals surface area (Å²) in [6, 6.07) is 55.0. The molecule has 3 nitrogen and oxygen atoms in total. The van der Waals surface area contributed by atoms with Crippen molar-refractivity contribution >= 4 is 59.7 Å². The summed E-state index contributed by atoms with van der Waals surface area (Å²) < 4.78 is 2.33. The van der Waals surface area contributed by atoms with Crippen LogP contribution in [-0.4, -0.2) is 16.0 Å². The van der Waals surface area contributed by atoms with Crippen LogP contribution in [0.25, 0.3) is 70.8 Å². The molecule has 0 saturated heterocycles. The van der Waals surface area contributed by atoms with E-state index in [1.54, 1.807) is 11.3 Å². The Labute approximate surface area is 331 Å². The Morgan fingerprint density at radius 3 is 2.16 bits per heavy atom. The highest BCUT2D eigenvalue weighted by Crippen LogP contribution is 2.50. The molecule has 0 radical (unpaired) electrons. The molecule has 3 aliphatic rings. The summed E-state index contributed by atoms with van der Waals surface area (Å²) in [6.45, 7) is 0. The van der Waals surface area contributed by atoms with Gasteiger partial charge in [-0.2, -0.15) is 0 Å². The van der Waals surface area contributed by atoms with Crippen LogP contribution in [0.5, 0.6) is 0 Å². The molecule has 0 fully saturated rings. The molecule has 56 heavy (non-hydrogen) atoms. The Morgan fingerprint density at radius 2 is 1.32 bits per heavy atom. The smallest absolute Gasteiger partial charge is 0.160 e. The van der Waals surface area contributed by atoms with E-state index < -0.39 is 0 Å². The topological polar surface area (TPSA) is 29.0 Å². The molecule has 266 valence electrons. The van der Waals surface area contributed by atoms with Gasteiger partial charge < -0.3 is 4.90 Å². The lowest BCUT2D eigenvalue weighted by Crippen LogP contribution is -2.28. The summed E-state index contributed by atoms with van der Waals surface area (Å²) in [5.41, 5.74) is 16.8. The summed E-state index contributed by atoms with van der Waals surface area (Å²) in [6.07, 6.45) is 14.7. The van der Waals surface area contributed by atoms with Crippen molar-refractivity contribution < 1.29 is 0 Å². The number of para-hydroxylation sites is 2. The van der Waals surface area contributed by atoms with Crippen molar-refractivity contribution in [1.29, 1.82) is 0 Å². The number of aromatic nitrogens is 2. The largest absolute Gasteiger partial charge is 0.333 e. The van der Waals surface area contributed by atoms with Crippen LogP contribution in [0.1, 0.15) is 36.0 Å². The maximum Gasteiger partial charge on any atom is 0.160 e. The Hall–Kier alpha value is -6.62. The highest BCUT2D eigenvalue weighted by molar-refractivity contribution is 7.26. The lowest BCUT2D eigenvalue weighted by molar-refractivity contribution is 0.841. The van der Waals surface area contributed by atoms with E-state index in [1.807, 2.05) is 6.07 Å². The van der Waals surface area contributed by atoms with E-state index in [9.17, 15) is 0 Å². The first kappa shape index (κ1) is 32.8. The van der Waals surface area contributed by atoms with E-state index in [0.717, 1.165) is 52.1 Å². The zero-order valence-electron chi connectivity index (χ0n) is 30.8.